The largest absolute Gasteiger partial charge is 0.393 e. The number of hydrogen-bond acceptors (Lipinski definition) is 5. The minimum atomic E-state index is -0.437. The predicted molar refractivity (Wildman–Crippen MR) is 75.1 cm³/mol. The molecule has 2 unspecified atom stereocenters. The average molecular weight is 277 g/mol. The normalized spacial score (nSPS) is 29.6. The van der Waals surface area contributed by atoms with Crippen molar-refractivity contribution in [1.29, 1.82) is 0 Å². The molecule has 2 saturated heterocycles. The summed E-state index contributed by atoms with van der Waals surface area (Å²) in [6.45, 7) is 0.698. The fourth-order valence-electron chi connectivity index (χ4n) is 3.56. The zero-order chi connectivity index (χ0) is 14.3. The number of fused-ring (bicyclic) bond motifs is 2. The van der Waals surface area contributed by atoms with Crippen LogP contribution in [0.1, 0.15) is 31.2 Å². The predicted octanol–water partition coefficient (Wildman–Crippen LogP) is 1.66. The summed E-state index contributed by atoms with van der Waals surface area (Å²) in [5.41, 5.74) is 6.72. The second-order valence-electron chi connectivity index (χ2n) is 5.83. The summed E-state index contributed by atoms with van der Waals surface area (Å²) in [5.74, 6) is 0. The minimum absolute atomic E-state index is 0.0214. The van der Waals surface area contributed by atoms with Gasteiger partial charge in [-0.2, -0.15) is 0 Å². The number of rotatable bonds is 3. The Hall–Kier alpha value is -1.66. The van der Waals surface area contributed by atoms with E-state index < -0.39 is 4.92 Å². The molecule has 3 N–H and O–H groups in total. The fraction of sp³-hybridized carbons (Fsp3) is 0.571. The van der Waals surface area contributed by atoms with Gasteiger partial charge in [0, 0.05) is 24.7 Å². The van der Waals surface area contributed by atoms with Crippen LogP contribution in [0.15, 0.2) is 18.2 Å². The number of hydrogen-bond donors (Lipinski definition) is 2. The van der Waals surface area contributed by atoms with Crippen molar-refractivity contribution in [2.75, 3.05) is 5.73 Å². The lowest BCUT2D eigenvalue weighted by Gasteiger charge is -2.37. The molecule has 2 heterocycles. The van der Waals surface area contributed by atoms with E-state index in [1.54, 1.807) is 12.1 Å². The van der Waals surface area contributed by atoms with Crippen LogP contribution in [-0.2, 0) is 6.54 Å². The summed E-state index contributed by atoms with van der Waals surface area (Å²) in [7, 11) is 0. The van der Waals surface area contributed by atoms with Gasteiger partial charge in [0.25, 0.3) is 5.69 Å². The summed E-state index contributed by atoms with van der Waals surface area (Å²) < 4.78 is 0. The zero-order valence-corrected chi connectivity index (χ0v) is 11.2. The molecule has 0 amide bonds. The molecule has 2 atom stereocenters. The van der Waals surface area contributed by atoms with Crippen molar-refractivity contribution < 1.29 is 10.0 Å². The molecule has 1 aromatic carbocycles. The molecule has 3 rings (SSSR count). The molecule has 20 heavy (non-hydrogen) atoms. The smallest absolute Gasteiger partial charge is 0.292 e. The number of anilines is 1. The van der Waals surface area contributed by atoms with E-state index in [9.17, 15) is 15.2 Å². The van der Waals surface area contributed by atoms with Gasteiger partial charge in [0.15, 0.2) is 0 Å². The van der Waals surface area contributed by atoms with Crippen LogP contribution in [0.2, 0.25) is 0 Å². The van der Waals surface area contributed by atoms with Crippen molar-refractivity contribution in [3.05, 3.63) is 33.9 Å². The van der Waals surface area contributed by atoms with Crippen LogP contribution < -0.4 is 5.73 Å². The molecule has 0 saturated carbocycles. The fourth-order valence-corrected chi connectivity index (χ4v) is 3.56. The second-order valence-corrected chi connectivity index (χ2v) is 5.83. The SMILES string of the molecule is Nc1ccc(CN2C3CCC2CC(O)C3)cc1[N+](=O)[O-]. The lowest BCUT2D eigenvalue weighted by Crippen LogP contribution is -2.44. The van der Waals surface area contributed by atoms with Gasteiger partial charge in [-0.3, -0.25) is 15.0 Å². The maximum atomic E-state index is 10.9. The zero-order valence-electron chi connectivity index (χ0n) is 11.2. The molecule has 2 fully saturated rings. The second kappa shape index (κ2) is 5.03. The number of nitrogens with zero attached hydrogens (tertiary/aromatic N) is 2. The van der Waals surface area contributed by atoms with Gasteiger partial charge < -0.3 is 10.8 Å². The van der Waals surface area contributed by atoms with Gasteiger partial charge in [0.1, 0.15) is 5.69 Å². The number of benzene rings is 1. The molecule has 2 aliphatic heterocycles. The third-order valence-corrected chi connectivity index (χ3v) is 4.52. The van der Waals surface area contributed by atoms with Crippen molar-refractivity contribution in [2.24, 2.45) is 0 Å². The average Bonchev–Trinajstić information content (AvgIpc) is 2.63. The summed E-state index contributed by atoms with van der Waals surface area (Å²) in [4.78, 5) is 12.9. The minimum Gasteiger partial charge on any atom is -0.393 e. The molecular weight excluding hydrogens is 258 g/mol. The lowest BCUT2D eigenvalue weighted by molar-refractivity contribution is -0.384. The first-order chi connectivity index (χ1) is 9.54. The van der Waals surface area contributed by atoms with Crippen molar-refractivity contribution in [1.82, 2.24) is 4.90 Å². The summed E-state index contributed by atoms with van der Waals surface area (Å²) in [6.07, 6.45) is 3.66. The van der Waals surface area contributed by atoms with Crippen molar-refractivity contribution >= 4 is 11.4 Å². The first-order valence-electron chi connectivity index (χ1n) is 7.01. The summed E-state index contributed by atoms with van der Waals surface area (Å²) >= 11 is 0. The number of piperidine rings is 1. The number of aliphatic hydroxyl groups excluding tert-OH is 1. The molecule has 2 aliphatic rings. The molecule has 0 radical (unpaired) electrons. The highest BCUT2D eigenvalue weighted by Gasteiger charge is 2.39. The van der Waals surface area contributed by atoms with E-state index in [0.29, 0.717) is 18.6 Å². The molecule has 0 aliphatic carbocycles. The van der Waals surface area contributed by atoms with Gasteiger partial charge >= 0.3 is 0 Å². The van der Waals surface area contributed by atoms with E-state index in [2.05, 4.69) is 4.90 Å². The monoisotopic (exact) mass is 277 g/mol. The highest BCUT2D eigenvalue weighted by molar-refractivity contribution is 5.59. The third kappa shape index (κ3) is 2.36. The molecule has 2 bridgehead atoms. The quantitative estimate of drug-likeness (QED) is 0.498. The Balaban J connectivity index is 1.79. The van der Waals surface area contributed by atoms with Gasteiger partial charge in [0.2, 0.25) is 0 Å². The van der Waals surface area contributed by atoms with E-state index in [1.165, 1.54) is 0 Å². The van der Waals surface area contributed by atoms with E-state index in [0.717, 1.165) is 31.2 Å². The Labute approximate surface area is 117 Å². The Morgan fingerprint density at radius 1 is 1.35 bits per heavy atom. The topological polar surface area (TPSA) is 92.6 Å². The van der Waals surface area contributed by atoms with E-state index in [-0.39, 0.29) is 17.5 Å². The van der Waals surface area contributed by atoms with Crippen LogP contribution in [0.3, 0.4) is 0 Å². The molecular formula is C14H19N3O3. The van der Waals surface area contributed by atoms with Gasteiger partial charge in [-0.15, -0.1) is 0 Å². The van der Waals surface area contributed by atoms with Crippen molar-refractivity contribution in [3.8, 4) is 0 Å². The molecule has 6 heteroatoms. The number of aliphatic hydroxyl groups is 1. The van der Waals surface area contributed by atoms with Crippen LogP contribution in [0, 0.1) is 10.1 Å². The Kier molecular flexibility index (Phi) is 3.35. The third-order valence-electron chi connectivity index (χ3n) is 4.52. The van der Waals surface area contributed by atoms with E-state index in [4.69, 9.17) is 5.73 Å². The maximum absolute atomic E-state index is 10.9. The van der Waals surface area contributed by atoms with Crippen LogP contribution in [0.5, 0.6) is 0 Å². The molecule has 108 valence electrons. The van der Waals surface area contributed by atoms with Gasteiger partial charge in [-0.25, -0.2) is 0 Å². The number of nitro groups is 1. The van der Waals surface area contributed by atoms with Gasteiger partial charge in [-0.05, 0) is 37.3 Å². The van der Waals surface area contributed by atoms with Crippen LogP contribution >= 0.6 is 0 Å². The molecule has 1 aromatic rings. The van der Waals surface area contributed by atoms with Crippen LogP contribution in [0.4, 0.5) is 11.4 Å². The van der Waals surface area contributed by atoms with E-state index >= 15 is 0 Å². The maximum Gasteiger partial charge on any atom is 0.292 e. The number of nitro benzene ring substituents is 1. The molecule has 6 nitrogen and oxygen atoms in total. The van der Waals surface area contributed by atoms with Crippen LogP contribution in [0.25, 0.3) is 0 Å². The lowest BCUT2D eigenvalue weighted by atomic mass is 9.99. The highest BCUT2D eigenvalue weighted by Crippen LogP contribution is 2.37. The van der Waals surface area contributed by atoms with Crippen molar-refractivity contribution in [2.45, 2.75) is 50.4 Å². The summed E-state index contributed by atoms with van der Waals surface area (Å²) in [6, 6.07) is 5.83. The standard InChI is InChI=1S/C14H19N3O3/c15-13-4-1-9(5-14(13)17(19)20)8-16-10-2-3-11(16)7-12(18)6-10/h1,4-5,10-12,18H,2-3,6-8,15H2. The van der Waals surface area contributed by atoms with Gasteiger partial charge in [-0.1, -0.05) is 6.07 Å². The van der Waals surface area contributed by atoms with Gasteiger partial charge in [0.05, 0.1) is 11.0 Å². The number of nitrogen functional groups attached to an aromatic ring is 1. The highest BCUT2D eigenvalue weighted by atomic mass is 16.6. The Morgan fingerprint density at radius 2 is 2.00 bits per heavy atom. The first kappa shape index (κ1) is 13.3. The van der Waals surface area contributed by atoms with E-state index in [1.807, 2.05) is 6.07 Å². The number of nitrogens with two attached hydrogens (primary N) is 1. The van der Waals surface area contributed by atoms with Crippen LogP contribution in [-0.4, -0.2) is 33.1 Å². The molecule has 0 aromatic heterocycles. The first-order valence-corrected chi connectivity index (χ1v) is 7.01. The van der Waals surface area contributed by atoms with Crippen molar-refractivity contribution in [3.63, 3.8) is 0 Å². The molecule has 0 spiro atoms. The Morgan fingerprint density at radius 3 is 2.60 bits per heavy atom. The summed E-state index contributed by atoms with van der Waals surface area (Å²) in [5, 5.41) is 20.7. The Bertz CT molecular complexity index is 520.